The van der Waals surface area contributed by atoms with Crippen LogP contribution in [-0.4, -0.2) is 38.0 Å². The maximum Gasteiger partial charge on any atom is 0.227 e. The zero-order chi connectivity index (χ0) is 14.0. The van der Waals surface area contributed by atoms with Crippen molar-refractivity contribution in [1.29, 1.82) is 0 Å². The zero-order valence-corrected chi connectivity index (χ0v) is 11.6. The van der Waals surface area contributed by atoms with E-state index in [4.69, 9.17) is 0 Å². The summed E-state index contributed by atoms with van der Waals surface area (Å²) in [4.78, 5) is 13.6. The third-order valence-corrected chi connectivity index (χ3v) is 5.24. The monoisotopic (exact) mass is 283 g/mol. The fourth-order valence-corrected chi connectivity index (χ4v) is 4.10. The summed E-state index contributed by atoms with van der Waals surface area (Å²) in [6.07, 6.45) is 0.814. The van der Waals surface area contributed by atoms with Crippen molar-refractivity contribution >= 4 is 21.4 Å². The van der Waals surface area contributed by atoms with Gasteiger partial charge in [0.25, 0.3) is 0 Å². The van der Waals surface area contributed by atoms with Crippen molar-refractivity contribution in [3.63, 3.8) is 0 Å². The SMILES string of the molecule is CN(C(=O)CC1CCS(=O)(=O)C1)c1ccc(O)cc1. The van der Waals surface area contributed by atoms with Crippen molar-refractivity contribution < 1.29 is 18.3 Å². The molecular weight excluding hydrogens is 266 g/mol. The van der Waals surface area contributed by atoms with E-state index in [0.29, 0.717) is 12.1 Å². The maximum absolute atomic E-state index is 12.1. The molecule has 1 heterocycles. The minimum atomic E-state index is -2.94. The summed E-state index contributed by atoms with van der Waals surface area (Å²) >= 11 is 0. The van der Waals surface area contributed by atoms with E-state index in [2.05, 4.69) is 0 Å². The van der Waals surface area contributed by atoms with E-state index in [1.165, 1.54) is 17.0 Å². The molecule has 1 atom stereocenters. The van der Waals surface area contributed by atoms with Crippen LogP contribution in [0.15, 0.2) is 24.3 Å². The van der Waals surface area contributed by atoms with Gasteiger partial charge in [-0.2, -0.15) is 0 Å². The Hall–Kier alpha value is -1.56. The molecule has 0 radical (unpaired) electrons. The van der Waals surface area contributed by atoms with Crippen molar-refractivity contribution in [3.05, 3.63) is 24.3 Å². The number of phenols is 1. The number of amides is 1. The summed E-state index contributed by atoms with van der Waals surface area (Å²) < 4.78 is 22.7. The minimum absolute atomic E-state index is 0.0722. The van der Waals surface area contributed by atoms with E-state index in [1.54, 1.807) is 19.2 Å². The van der Waals surface area contributed by atoms with Crippen molar-refractivity contribution in [1.82, 2.24) is 0 Å². The normalized spacial score (nSPS) is 21.2. The molecule has 1 aliphatic heterocycles. The highest BCUT2D eigenvalue weighted by molar-refractivity contribution is 7.91. The van der Waals surface area contributed by atoms with Crippen LogP contribution < -0.4 is 4.90 Å². The molecule has 6 heteroatoms. The van der Waals surface area contributed by atoms with Crippen LogP contribution in [0.25, 0.3) is 0 Å². The Morgan fingerprint density at radius 3 is 2.53 bits per heavy atom. The molecular formula is C13H17NO4S. The molecule has 0 saturated carbocycles. The summed E-state index contributed by atoms with van der Waals surface area (Å²) in [5.74, 6) is 0.270. The summed E-state index contributed by atoms with van der Waals surface area (Å²) in [6.45, 7) is 0. The van der Waals surface area contributed by atoms with Crippen molar-refractivity contribution in [2.75, 3.05) is 23.5 Å². The Morgan fingerprint density at radius 2 is 2.00 bits per heavy atom. The Kier molecular flexibility index (Phi) is 3.80. The molecule has 0 aromatic heterocycles. The zero-order valence-electron chi connectivity index (χ0n) is 10.7. The third kappa shape index (κ3) is 3.47. The molecule has 0 aliphatic carbocycles. The van der Waals surface area contributed by atoms with Crippen molar-refractivity contribution in [2.24, 2.45) is 5.92 Å². The molecule has 1 fully saturated rings. The number of aromatic hydroxyl groups is 1. The fourth-order valence-electron chi connectivity index (χ4n) is 2.24. The summed E-state index contributed by atoms with van der Waals surface area (Å²) in [6, 6.07) is 6.33. The molecule has 1 amide bonds. The first-order valence-corrected chi connectivity index (χ1v) is 7.95. The number of benzene rings is 1. The van der Waals surface area contributed by atoms with Crippen LogP contribution in [-0.2, 0) is 14.6 Å². The molecule has 1 aromatic rings. The van der Waals surface area contributed by atoms with Gasteiger partial charge in [0, 0.05) is 19.2 Å². The molecule has 104 valence electrons. The van der Waals surface area contributed by atoms with Gasteiger partial charge in [-0.05, 0) is 36.6 Å². The first kappa shape index (κ1) is 13.9. The summed E-state index contributed by atoms with van der Waals surface area (Å²) in [5.41, 5.74) is 0.684. The Bertz CT molecular complexity index is 565. The number of carbonyl (C=O) groups is 1. The number of hydrogen-bond acceptors (Lipinski definition) is 4. The second-order valence-electron chi connectivity index (χ2n) is 4.94. The van der Waals surface area contributed by atoms with Gasteiger partial charge in [0.2, 0.25) is 5.91 Å². The lowest BCUT2D eigenvalue weighted by molar-refractivity contribution is -0.119. The molecule has 1 aromatic carbocycles. The summed E-state index contributed by atoms with van der Waals surface area (Å²) in [7, 11) is -1.29. The Balaban J connectivity index is 1.98. The van der Waals surface area contributed by atoms with Gasteiger partial charge >= 0.3 is 0 Å². The van der Waals surface area contributed by atoms with Crippen LogP contribution in [0.3, 0.4) is 0 Å². The number of phenolic OH excluding ortho intramolecular Hbond substituents is 1. The van der Waals surface area contributed by atoms with Gasteiger partial charge in [0.05, 0.1) is 11.5 Å². The molecule has 1 saturated heterocycles. The molecule has 0 bridgehead atoms. The first-order valence-electron chi connectivity index (χ1n) is 6.13. The van der Waals surface area contributed by atoms with Gasteiger partial charge in [0.15, 0.2) is 9.84 Å². The Morgan fingerprint density at radius 1 is 1.37 bits per heavy atom. The van der Waals surface area contributed by atoms with E-state index >= 15 is 0 Å². The molecule has 19 heavy (non-hydrogen) atoms. The fraction of sp³-hybridized carbons (Fsp3) is 0.462. The second kappa shape index (κ2) is 5.21. The van der Waals surface area contributed by atoms with E-state index in [0.717, 1.165) is 0 Å². The largest absolute Gasteiger partial charge is 0.508 e. The van der Waals surface area contributed by atoms with Crippen LogP contribution >= 0.6 is 0 Å². The number of hydrogen-bond donors (Lipinski definition) is 1. The predicted molar refractivity (Wildman–Crippen MR) is 72.9 cm³/mol. The van der Waals surface area contributed by atoms with E-state index in [1.807, 2.05) is 0 Å². The highest BCUT2D eigenvalue weighted by atomic mass is 32.2. The summed E-state index contributed by atoms with van der Waals surface area (Å²) in [5, 5.41) is 9.19. The highest BCUT2D eigenvalue weighted by Gasteiger charge is 2.30. The second-order valence-corrected chi connectivity index (χ2v) is 7.17. The van der Waals surface area contributed by atoms with Gasteiger partial charge in [-0.25, -0.2) is 8.42 Å². The standard InChI is InChI=1S/C13H17NO4S/c1-14(11-2-4-12(15)5-3-11)13(16)8-10-6-7-19(17,18)9-10/h2-5,10,15H,6-9H2,1H3. The third-order valence-electron chi connectivity index (χ3n) is 3.40. The number of carbonyl (C=O) groups excluding carboxylic acids is 1. The number of nitrogens with zero attached hydrogens (tertiary/aromatic N) is 1. The average Bonchev–Trinajstić information content (AvgIpc) is 2.68. The predicted octanol–water partition coefficient (Wildman–Crippen LogP) is 1.18. The number of sulfone groups is 1. The van der Waals surface area contributed by atoms with Gasteiger partial charge in [-0.15, -0.1) is 0 Å². The van der Waals surface area contributed by atoms with Crippen LogP contribution in [0, 0.1) is 5.92 Å². The average molecular weight is 283 g/mol. The Labute approximate surface area is 112 Å². The number of anilines is 1. The highest BCUT2D eigenvalue weighted by Crippen LogP contribution is 2.24. The van der Waals surface area contributed by atoms with E-state index in [9.17, 15) is 18.3 Å². The maximum atomic E-state index is 12.1. The van der Waals surface area contributed by atoms with Gasteiger partial charge in [-0.3, -0.25) is 4.79 Å². The van der Waals surface area contributed by atoms with Gasteiger partial charge in [-0.1, -0.05) is 0 Å². The van der Waals surface area contributed by atoms with Crippen molar-refractivity contribution in [3.8, 4) is 5.75 Å². The quantitative estimate of drug-likeness (QED) is 0.904. The van der Waals surface area contributed by atoms with Crippen LogP contribution in [0.5, 0.6) is 5.75 Å². The van der Waals surface area contributed by atoms with Crippen LogP contribution in [0.4, 0.5) is 5.69 Å². The van der Waals surface area contributed by atoms with Gasteiger partial charge in [0.1, 0.15) is 5.75 Å². The lowest BCUT2D eigenvalue weighted by Gasteiger charge is -2.19. The molecule has 1 unspecified atom stereocenters. The molecule has 0 spiro atoms. The smallest absolute Gasteiger partial charge is 0.227 e. The topological polar surface area (TPSA) is 74.7 Å². The van der Waals surface area contributed by atoms with Crippen LogP contribution in [0.1, 0.15) is 12.8 Å². The lowest BCUT2D eigenvalue weighted by atomic mass is 10.0. The first-order chi connectivity index (χ1) is 8.87. The van der Waals surface area contributed by atoms with E-state index < -0.39 is 9.84 Å². The molecule has 2 rings (SSSR count). The molecule has 1 N–H and O–H groups in total. The molecule has 5 nitrogen and oxygen atoms in total. The van der Waals surface area contributed by atoms with E-state index in [-0.39, 0.29) is 35.5 Å². The van der Waals surface area contributed by atoms with Crippen LogP contribution in [0.2, 0.25) is 0 Å². The van der Waals surface area contributed by atoms with Crippen molar-refractivity contribution in [2.45, 2.75) is 12.8 Å². The lowest BCUT2D eigenvalue weighted by Crippen LogP contribution is -2.28. The minimum Gasteiger partial charge on any atom is -0.508 e. The number of rotatable bonds is 3. The van der Waals surface area contributed by atoms with Gasteiger partial charge < -0.3 is 10.0 Å². The molecule has 1 aliphatic rings.